The molecular formula is C13H20N2O. The quantitative estimate of drug-likeness (QED) is 0.825. The maximum atomic E-state index is 9.19. The van der Waals surface area contributed by atoms with Crippen molar-refractivity contribution in [3.63, 3.8) is 0 Å². The zero-order valence-electron chi connectivity index (χ0n) is 10.1. The monoisotopic (exact) mass is 220 g/mol. The van der Waals surface area contributed by atoms with E-state index in [1.165, 1.54) is 12.8 Å². The lowest BCUT2D eigenvalue weighted by Crippen LogP contribution is -2.26. The first-order chi connectivity index (χ1) is 7.72. The molecule has 0 spiro atoms. The summed E-state index contributed by atoms with van der Waals surface area (Å²) in [5, 5.41) is 9.19. The van der Waals surface area contributed by atoms with Crippen molar-refractivity contribution in [3.8, 4) is 0 Å². The highest BCUT2D eigenvalue weighted by molar-refractivity contribution is 5.42. The van der Waals surface area contributed by atoms with Crippen LogP contribution in [-0.4, -0.2) is 23.2 Å². The molecule has 1 aromatic rings. The number of aliphatic hydroxyl groups excluding tert-OH is 1. The van der Waals surface area contributed by atoms with Crippen LogP contribution in [0, 0.1) is 12.8 Å². The van der Waals surface area contributed by atoms with Gasteiger partial charge in [-0.3, -0.25) is 0 Å². The van der Waals surface area contributed by atoms with Crippen LogP contribution < -0.4 is 4.90 Å². The lowest BCUT2D eigenvalue weighted by atomic mass is 10.2. The molecule has 1 N–H and O–H groups in total. The molecule has 1 heterocycles. The molecule has 0 radical (unpaired) electrons. The average molecular weight is 220 g/mol. The topological polar surface area (TPSA) is 36.4 Å². The fourth-order valence-electron chi connectivity index (χ4n) is 1.97. The Hall–Kier alpha value is -1.09. The molecule has 1 aliphatic carbocycles. The fourth-order valence-corrected chi connectivity index (χ4v) is 1.97. The van der Waals surface area contributed by atoms with E-state index in [4.69, 9.17) is 0 Å². The van der Waals surface area contributed by atoms with Crippen LogP contribution >= 0.6 is 0 Å². The molecule has 16 heavy (non-hydrogen) atoms. The van der Waals surface area contributed by atoms with Gasteiger partial charge in [0.05, 0.1) is 6.61 Å². The molecule has 0 aliphatic heterocycles. The average Bonchev–Trinajstić information content (AvgIpc) is 3.08. The van der Waals surface area contributed by atoms with Crippen LogP contribution in [0.25, 0.3) is 0 Å². The maximum Gasteiger partial charge on any atom is 0.129 e. The second-order valence-corrected chi connectivity index (χ2v) is 4.62. The summed E-state index contributed by atoms with van der Waals surface area (Å²) in [6, 6.07) is 3.94. The minimum atomic E-state index is 0.0946. The minimum Gasteiger partial charge on any atom is -0.392 e. The van der Waals surface area contributed by atoms with Crippen molar-refractivity contribution in [2.75, 3.05) is 18.0 Å². The lowest BCUT2D eigenvalue weighted by molar-refractivity contribution is 0.281. The molecule has 2 rings (SSSR count). The molecule has 88 valence electrons. The number of anilines is 1. The minimum absolute atomic E-state index is 0.0946. The summed E-state index contributed by atoms with van der Waals surface area (Å²) in [4.78, 5) is 6.86. The zero-order valence-corrected chi connectivity index (χ0v) is 10.1. The van der Waals surface area contributed by atoms with Crippen molar-refractivity contribution < 1.29 is 5.11 Å². The summed E-state index contributed by atoms with van der Waals surface area (Å²) < 4.78 is 0. The third-order valence-corrected chi connectivity index (χ3v) is 3.06. The van der Waals surface area contributed by atoms with Gasteiger partial charge in [-0.25, -0.2) is 4.98 Å². The van der Waals surface area contributed by atoms with Gasteiger partial charge in [0.1, 0.15) is 5.82 Å². The standard InChI is InChI=1S/C13H20N2O/c1-3-15(8-11-4-5-11)13-7-12(9-16)6-10(2)14-13/h6-7,11,16H,3-5,8-9H2,1-2H3. The maximum absolute atomic E-state index is 9.19. The Morgan fingerprint density at radius 2 is 2.19 bits per heavy atom. The Bertz CT molecular complexity index is 361. The van der Waals surface area contributed by atoms with Gasteiger partial charge in [-0.2, -0.15) is 0 Å². The van der Waals surface area contributed by atoms with Gasteiger partial charge in [-0.15, -0.1) is 0 Å². The van der Waals surface area contributed by atoms with E-state index in [1.807, 2.05) is 19.1 Å². The lowest BCUT2D eigenvalue weighted by Gasteiger charge is -2.22. The number of nitrogens with zero attached hydrogens (tertiary/aromatic N) is 2. The second-order valence-electron chi connectivity index (χ2n) is 4.62. The molecule has 0 aromatic carbocycles. The SMILES string of the molecule is CCN(CC1CC1)c1cc(CO)cc(C)n1. The van der Waals surface area contributed by atoms with E-state index in [-0.39, 0.29) is 6.61 Å². The Balaban J connectivity index is 2.17. The van der Waals surface area contributed by atoms with Gasteiger partial charge in [0, 0.05) is 18.8 Å². The zero-order chi connectivity index (χ0) is 11.5. The highest BCUT2D eigenvalue weighted by atomic mass is 16.3. The smallest absolute Gasteiger partial charge is 0.129 e. The molecule has 3 heteroatoms. The summed E-state index contributed by atoms with van der Waals surface area (Å²) in [6.45, 7) is 6.33. The normalized spacial score (nSPS) is 15.2. The summed E-state index contributed by atoms with van der Waals surface area (Å²) in [5.41, 5.74) is 1.94. The number of pyridine rings is 1. The van der Waals surface area contributed by atoms with Gasteiger partial charge in [-0.1, -0.05) is 0 Å². The van der Waals surface area contributed by atoms with E-state index in [2.05, 4.69) is 16.8 Å². The second kappa shape index (κ2) is 4.83. The van der Waals surface area contributed by atoms with E-state index in [9.17, 15) is 5.11 Å². The third kappa shape index (κ3) is 2.73. The van der Waals surface area contributed by atoms with Gasteiger partial charge in [0.15, 0.2) is 0 Å². The predicted molar refractivity (Wildman–Crippen MR) is 65.5 cm³/mol. The highest BCUT2D eigenvalue weighted by Crippen LogP contribution is 2.31. The molecule has 0 unspecified atom stereocenters. The van der Waals surface area contributed by atoms with Crippen molar-refractivity contribution in [1.82, 2.24) is 4.98 Å². The van der Waals surface area contributed by atoms with Crippen LogP contribution in [0.3, 0.4) is 0 Å². The van der Waals surface area contributed by atoms with Gasteiger partial charge in [0.2, 0.25) is 0 Å². The Labute approximate surface area is 97.1 Å². The summed E-state index contributed by atoms with van der Waals surface area (Å²) >= 11 is 0. The molecular weight excluding hydrogens is 200 g/mol. The number of aryl methyl sites for hydroxylation is 1. The van der Waals surface area contributed by atoms with E-state index >= 15 is 0 Å². The number of hydrogen-bond donors (Lipinski definition) is 1. The molecule has 3 nitrogen and oxygen atoms in total. The number of aliphatic hydroxyl groups is 1. The van der Waals surface area contributed by atoms with Crippen LogP contribution in [0.15, 0.2) is 12.1 Å². The first-order valence-corrected chi connectivity index (χ1v) is 6.06. The Morgan fingerprint density at radius 3 is 2.75 bits per heavy atom. The molecule has 0 amide bonds. The molecule has 0 saturated heterocycles. The van der Waals surface area contributed by atoms with E-state index in [1.54, 1.807) is 0 Å². The molecule has 1 aliphatic rings. The first-order valence-electron chi connectivity index (χ1n) is 6.06. The molecule has 0 bridgehead atoms. The highest BCUT2D eigenvalue weighted by Gasteiger charge is 2.24. The van der Waals surface area contributed by atoms with Crippen LogP contribution in [-0.2, 0) is 6.61 Å². The van der Waals surface area contributed by atoms with Gasteiger partial charge < -0.3 is 10.0 Å². The van der Waals surface area contributed by atoms with Gasteiger partial charge >= 0.3 is 0 Å². The van der Waals surface area contributed by atoms with Gasteiger partial charge in [-0.05, 0) is 50.3 Å². The van der Waals surface area contributed by atoms with Crippen LogP contribution in [0.4, 0.5) is 5.82 Å². The van der Waals surface area contributed by atoms with Crippen molar-refractivity contribution in [3.05, 3.63) is 23.4 Å². The Kier molecular flexibility index (Phi) is 3.44. The van der Waals surface area contributed by atoms with E-state index in [0.29, 0.717) is 0 Å². The summed E-state index contributed by atoms with van der Waals surface area (Å²) in [7, 11) is 0. The number of hydrogen-bond acceptors (Lipinski definition) is 3. The largest absolute Gasteiger partial charge is 0.392 e. The van der Waals surface area contributed by atoms with Crippen LogP contribution in [0.5, 0.6) is 0 Å². The molecule has 1 fully saturated rings. The van der Waals surface area contributed by atoms with Crippen molar-refractivity contribution in [2.45, 2.75) is 33.3 Å². The van der Waals surface area contributed by atoms with Crippen molar-refractivity contribution in [2.24, 2.45) is 5.92 Å². The molecule has 1 saturated carbocycles. The number of rotatable bonds is 5. The van der Waals surface area contributed by atoms with Crippen molar-refractivity contribution >= 4 is 5.82 Å². The first kappa shape index (κ1) is 11.4. The van der Waals surface area contributed by atoms with E-state index in [0.717, 1.165) is 36.1 Å². The van der Waals surface area contributed by atoms with Gasteiger partial charge in [0.25, 0.3) is 0 Å². The predicted octanol–water partition coefficient (Wildman–Crippen LogP) is 2.12. The van der Waals surface area contributed by atoms with Crippen LogP contribution in [0.1, 0.15) is 31.0 Å². The summed E-state index contributed by atoms with van der Waals surface area (Å²) in [6.07, 6.45) is 2.71. The molecule has 0 atom stereocenters. The Morgan fingerprint density at radius 1 is 1.44 bits per heavy atom. The molecule has 1 aromatic heterocycles. The third-order valence-electron chi connectivity index (χ3n) is 3.06. The van der Waals surface area contributed by atoms with Crippen molar-refractivity contribution in [1.29, 1.82) is 0 Å². The van der Waals surface area contributed by atoms with E-state index < -0.39 is 0 Å². The van der Waals surface area contributed by atoms with Crippen LogP contribution in [0.2, 0.25) is 0 Å². The fraction of sp³-hybridized carbons (Fsp3) is 0.615. The number of aromatic nitrogens is 1. The summed E-state index contributed by atoms with van der Waals surface area (Å²) in [5.74, 6) is 1.87.